The Balaban J connectivity index is 1.89. The monoisotopic (exact) mass is 391 g/mol. The van der Waals surface area contributed by atoms with Gasteiger partial charge in [0, 0.05) is 5.69 Å². The lowest BCUT2D eigenvalue weighted by molar-refractivity contribution is 0.475. The Labute approximate surface area is 165 Å². The van der Waals surface area contributed by atoms with Gasteiger partial charge in [0.1, 0.15) is 5.75 Å². The summed E-state index contributed by atoms with van der Waals surface area (Å²) in [6.45, 7) is 0. The summed E-state index contributed by atoms with van der Waals surface area (Å²) in [5.41, 5.74) is 7.14. The summed E-state index contributed by atoms with van der Waals surface area (Å²) in [5, 5.41) is 9.84. The topological polar surface area (TPSA) is 66.4 Å². The average molecular weight is 391 g/mol. The van der Waals surface area contributed by atoms with Crippen LogP contribution >= 0.6 is 0 Å². The number of aromatic hydroxyl groups is 1. The molecule has 1 aliphatic carbocycles. The molecule has 0 saturated heterocycles. The van der Waals surface area contributed by atoms with Gasteiger partial charge < -0.3 is 5.11 Å². The van der Waals surface area contributed by atoms with Crippen LogP contribution in [0, 0.1) is 0 Å². The molecular formula is C23H21NO3S. The number of sulfonamides is 1. The molecule has 0 bridgehead atoms. The van der Waals surface area contributed by atoms with Gasteiger partial charge in [-0.2, -0.15) is 0 Å². The van der Waals surface area contributed by atoms with Gasteiger partial charge in [-0.1, -0.05) is 42.5 Å². The van der Waals surface area contributed by atoms with Crippen LogP contribution in [-0.2, 0) is 22.9 Å². The molecule has 2 N–H and O–H groups in total. The Kier molecular flexibility index (Phi) is 4.69. The molecule has 0 heterocycles. The molecule has 0 radical (unpaired) electrons. The van der Waals surface area contributed by atoms with Crippen molar-refractivity contribution in [2.24, 2.45) is 0 Å². The number of benzene rings is 3. The number of hydrogen-bond acceptors (Lipinski definition) is 3. The molecule has 0 unspecified atom stereocenters. The van der Waals surface area contributed by atoms with Gasteiger partial charge in [0.15, 0.2) is 0 Å². The first-order chi connectivity index (χ1) is 13.4. The number of phenolic OH excluding ortho intramolecular Hbond substituents is 1. The maximum Gasteiger partial charge on any atom is 0.229 e. The molecular weight excluding hydrogens is 370 g/mol. The van der Waals surface area contributed by atoms with Gasteiger partial charge in [-0.15, -0.1) is 0 Å². The summed E-state index contributed by atoms with van der Waals surface area (Å²) in [6.07, 6.45) is 4.93. The SMILES string of the molecule is CS(=O)(=O)Nc1ccc2c(c1)CCc1ccccc1/C2=C/c1cccc(O)c1. The predicted octanol–water partition coefficient (Wildman–Crippen LogP) is 4.45. The van der Waals surface area contributed by atoms with E-state index < -0.39 is 10.0 Å². The van der Waals surface area contributed by atoms with Crippen LogP contribution < -0.4 is 4.72 Å². The Bertz CT molecular complexity index is 1180. The van der Waals surface area contributed by atoms with Gasteiger partial charge in [0.25, 0.3) is 0 Å². The van der Waals surface area contributed by atoms with E-state index >= 15 is 0 Å². The minimum Gasteiger partial charge on any atom is -0.508 e. The predicted molar refractivity (Wildman–Crippen MR) is 114 cm³/mol. The summed E-state index contributed by atoms with van der Waals surface area (Å²) in [4.78, 5) is 0. The smallest absolute Gasteiger partial charge is 0.229 e. The third-order valence-electron chi connectivity index (χ3n) is 4.85. The lowest BCUT2D eigenvalue weighted by Crippen LogP contribution is -2.10. The highest BCUT2D eigenvalue weighted by molar-refractivity contribution is 7.92. The van der Waals surface area contributed by atoms with E-state index in [1.807, 2.05) is 36.4 Å². The normalized spacial score (nSPS) is 14.8. The molecule has 0 amide bonds. The number of anilines is 1. The minimum absolute atomic E-state index is 0.226. The van der Waals surface area contributed by atoms with Crippen LogP contribution in [0.25, 0.3) is 11.6 Å². The van der Waals surface area contributed by atoms with Crippen molar-refractivity contribution in [1.82, 2.24) is 0 Å². The van der Waals surface area contributed by atoms with Crippen molar-refractivity contribution in [3.8, 4) is 5.75 Å². The second-order valence-corrected chi connectivity index (χ2v) is 8.80. The summed E-state index contributed by atoms with van der Waals surface area (Å²) in [6, 6.07) is 21.2. The molecule has 0 atom stereocenters. The molecule has 1 aliphatic rings. The van der Waals surface area contributed by atoms with Crippen LogP contribution in [0.5, 0.6) is 5.75 Å². The van der Waals surface area contributed by atoms with E-state index in [-0.39, 0.29) is 5.75 Å². The maximum atomic E-state index is 11.6. The Morgan fingerprint density at radius 2 is 1.64 bits per heavy atom. The van der Waals surface area contributed by atoms with Crippen molar-refractivity contribution in [3.05, 3.63) is 94.5 Å². The first-order valence-corrected chi connectivity index (χ1v) is 11.0. The van der Waals surface area contributed by atoms with E-state index in [1.54, 1.807) is 18.2 Å². The van der Waals surface area contributed by atoms with Crippen LogP contribution in [-0.4, -0.2) is 19.8 Å². The number of phenols is 1. The molecule has 0 saturated carbocycles. The van der Waals surface area contributed by atoms with Crippen molar-refractivity contribution >= 4 is 27.4 Å². The van der Waals surface area contributed by atoms with Crippen LogP contribution in [0.15, 0.2) is 66.7 Å². The second kappa shape index (κ2) is 7.17. The van der Waals surface area contributed by atoms with Crippen molar-refractivity contribution in [1.29, 1.82) is 0 Å². The van der Waals surface area contributed by atoms with E-state index in [4.69, 9.17) is 0 Å². The molecule has 28 heavy (non-hydrogen) atoms. The zero-order valence-corrected chi connectivity index (χ0v) is 16.3. The van der Waals surface area contributed by atoms with E-state index in [0.717, 1.165) is 46.9 Å². The van der Waals surface area contributed by atoms with Gasteiger partial charge in [-0.05, 0) is 76.6 Å². The van der Waals surface area contributed by atoms with E-state index in [0.29, 0.717) is 5.69 Å². The largest absolute Gasteiger partial charge is 0.508 e. The third kappa shape index (κ3) is 3.94. The first kappa shape index (κ1) is 18.3. The van der Waals surface area contributed by atoms with E-state index in [2.05, 4.69) is 22.9 Å². The zero-order chi connectivity index (χ0) is 19.7. The number of nitrogens with one attached hydrogen (secondary N) is 1. The average Bonchev–Trinajstić information content (AvgIpc) is 2.78. The van der Waals surface area contributed by atoms with Gasteiger partial charge in [0.05, 0.1) is 6.26 Å². The summed E-state index contributed by atoms with van der Waals surface area (Å²) >= 11 is 0. The molecule has 0 aliphatic heterocycles. The molecule has 0 fully saturated rings. The van der Waals surface area contributed by atoms with Crippen molar-refractivity contribution in [2.45, 2.75) is 12.8 Å². The standard InChI is InChI=1S/C23H21NO3S/c1-28(26,27)24-19-11-12-22-18(15-19)10-9-17-6-2-3-8-21(17)23(22)14-16-5-4-7-20(25)13-16/h2-8,11-15,24-25H,9-10H2,1H3/b23-14-. The van der Waals surface area contributed by atoms with Crippen LogP contribution in [0.1, 0.15) is 27.8 Å². The molecule has 3 aromatic carbocycles. The second-order valence-electron chi connectivity index (χ2n) is 7.06. The highest BCUT2D eigenvalue weighted by atomic mass is 32.2. The van der Waals surface area contributed by atoms with Crippen LogP contribution in [0.4, 0.5) is 5.69 Å². The number of rotatable bonds is 3. The summed E-state index contributed by atoms with van der Waals surface area (Å²) in [7, 11) is -3.33. The molecule has 142 valence electrons. The summed E-state index contributed by atoms with van der Waals surface area (Å²) in [5.74, 6) is 0.226. The fourth-order valence-electron chi connectivity index (χ4n) is 3.69. The van der Waals surface area contributed by atoms with Crippen LogP contribution in [0.3, 0.4) is 0 Å². The summed E-state index contributed by atoms with van der Waals surface area (Å²) < 4.78 is 25.8. The van der Waals surface area contributed by atoms with E-state index in [9.17, 15) is 13.5 Å². The fourth-order valence-corrected chi connectivity index (χ4v) is 4.25. The van der Waals surface area contributed by atoms with Gasteiger partial charge >= 0.3 is 0 Å². The minimum atomic E-state index is -3.33. The highest BCUT2D eigenvalue weighted by Gasteiger charge is 2.19. The van der Waals surface area contributed by atoms with E-state index in [1.165, 1.54) is 5.56 Å². The molecule has 0 spiro atoms. The van der Waals surface area contributed by atoms with Gasteiger partial charge in [-0.25, -0.2) is 8.42 Å². The van der Waals surface area contributed by atoms with Crippen molar-refractivity contribution in [3.63, 3.8) is 0 Å². The molecule has 5 heteroatoms. The third-order valence-corrected chi connectivity index (χ3v) is 5.46. The maximum absolute atomic E-state index is 11.6. The highest BCUT2D eigenvalue weighted by Crippen LogP contribution is 2.36. The fraction of sp³-hybridized carbons (Fsp3) is 0.130. The first-order valence-electron chi connectivity index (χ1n) is 9.09. The Morgan fingerprint density at radius 1 is 0.893 bits per heavy atom. The van der Waals surface area contributed by atoms with Gasteiger partial charge in [0.2, 0.25) is 10.0 Å². The van der Waals surface area contributed by atoms with Crippen molar-refractivity contribution < 1.29 is 13.5 Å². The molecule has 0 aromatic heterocycles. The van der Waals surface area contributed by atoms with Crippen LogP contribution in [0.2, 0.25) is 0 Å². The molecule has 3 aromatic rings. The zero-order valence-electron chi connectivity index (χ0n) is 15.5. The number of hydrogen-bond donors (Lipinski definition) is 2. The Hall–Kier alpha value is -3.05. The molecule has 4 nitrogen and oxygen atoms in total. The number of aryl methyl sites for hydroxylation is 2. The quantitative estimate of drug-likeness (QED) is 0.693. The number of fused-ring (bicyclic) bond motifs is 2. The van der Waals surface area contributed by atoms with Gasteiger partial charge in [-0.3, -0.25) is 4.72 Å². The van der Waals surface area contributed by atoms with Crippen molar-refractivity contribution in [2.75, 3.05) is 11.0 Å². The Morgan fingerprint density at radius 3 is 2.43 bits per heavy atom. The lowest BCUT2D eigenvalue weighted by atomic mass is 9.92. The molecule has 4 rings (SSSR count). The lowest BCUT2D eigenvalue weighted by Gasteiger charge is -2.14.